The third-order valence-electron chi connectivity index (χ3n) is 2.52. The van der Waals surface area contributed by atoms with E-state index in [-0.39, 0.29) is 5.91 Å². The molecule has 1 amide bonds. The second-order valence-corrected chi connectivity index (χ2v) is 4.95. The number of anilines is 2. The summed E-state index contributed by atoms with van der Waals surface area (Å²) >= 11 is 1.35. The van der Waals surface area contributed by atoms with E-state index in [1.165, 1.54) is 17.5 Å². The summed E-state index contributed by atoms with van der Waals surface area (Å²) in [6.45, 7) is 0. The van der Waals surface area contributed by atoms with Gasteiger partial charge in [-0.2, -0.15) is 0 Å². The number of nitrogens with one attached hydrogen (secondary N) is 1. The number of para-hydroxylation sites is 1. The zero-order valence-corrected chi connectivity index (χ0v) is 10.6. The molecule has 0 spiro atoms. The SMILES string of the molecule is Nc1ccc(NC(=O)c2nc3ccccc3s2)nc1. The average molecular weight is 270 g/mol. The molecule has 3 rings (SSSR count). The minimum Gasteiger partial charge on any atom is -0.397 e. The number of aromatic nitrogens is 2. The van der Waals surface area contributed by atoms with Crippen LogP contribution in [-0.4, -0.2) is 15.9 Å². The van der Waals surface area contributed by atoms with Crippen molar-refractivity contribution in [3.05, 3.63) is 47.6 Å². The highest BCUT2D eigenvalue weighted by molar-refractivity contribution is 7.20. The number of fused-ring (bicyclic) bond motifs is 1. The first-order valence-corrected chi connectivity index (χ1v) is 6.42. The van der Waals surface area contributed by atoms with Crippen molar-refractivity contribution in [1.82, 2.24) is 9.97 Å². The van der Waals surface area contributed by atoms with E-state index >= 15 is 0 Å². The molecule has 3 N–H and O–H groups in total. The molecular weight excluding hydrogens is 260 g/mol. The van der Waals surface area contributed by atoms with E-state index < -0.39 is 0 Å². The van der Waals surface area contributed by atoms with Crippen LogP contribution in [0.1, 0.15) is 9.80 Å². The van der Waals surface area contributed by atoms with Gasteiger partial charge in [-0.25, -0.2) is 9.97 Å². The van der Waals surface area contributed by atoms with E-state index in [2.05, 4.69) is 15.3 Å². The third kappa shape index (κ3) is 2.38. The Morgan fingerprint density at radius 1 is 1.21 bits per heavy atom. The van der Waals surface area contributed by atoms with Crippen molar-refractivity contribution in [2.24, 2.45) is 0 Å². The van der Waals surface area contributed by atoms with Crippen LogP contribution in [0, 0.1) is 0 Å². The lowest BCUT2D eigenvalue weighted by Gasteiger charge is -2.01. The van der Waals surface area contributed by atoms with Gasteiger partial charge in [0.25, 0.3) is 5.91 Å². The standard InChI is InChI=1S/C13H10N4OS/c14-8-5-6-11(15-7-8)17-12(18)13-16-9-3-1-2-4-10(9)19-13/h1-7H,14H2,(H,15,17,18). The van der Waals surface area contributed by atoms with Gasteiger partial charge in [0.2, 0.25) is 0 Å². The summed E-state index contributed by atoms with van der Waals surface area (Å²) in [5.41, 5.74) is 6.91. The Morgan fingerprint density at radius 3 is 2.79 bits per heavy atom. The number of benzene rings is 1. The minimum absolute atomic E-state index is 0.265. The van der Waals surface area contributed by atoms with Gasteiger partial charge in [-0.05, 0) is 24.3 Å². The number of hydrogen-bond acceptors (Lipinski definition) is 5. The van der Waals surface area contributed by atoms with E-state index in [1.807, 2.05) is 24.3 Å². The Bertz CT molecular complexity index is 703. The Balaban J connectivity index is 1.85. The molecular formula is C13H10N4OS. The lowest BCUT2D eigenvalue weighted by molar-refractivity contribution is 0.102. The number of rotatable bonds is 2. The maximum atomic E-state index is 12.0. The van der Waals surface area contributed by atoms with Gasteiger partial charge in [-0.1, -0.05) is 12.1 Å². The first-order chi connectivity index (χ1) is 9.22. The number of nitrogens with two attached hydrogens (primary N) is 1. The predicted molar refractivity (Wildman–Crippen MR) is 76.2 cm³/mol. The molecule has 19 heavy (non-hydrogen) atoms. The fraction of sp³-hybridized carbons (Fsp3) is 0. The molecule has 0 bridgehead atoms. The number of hydrogen-bond donors (Lipinski definition) is 2. The van der Waals surface area contributed by atoms with Crippen LogP contribution in [0.5, 0.6) is 0 Å². The van der Waals surface area contributed by atoms with Crippen molar-refractivity contribution in [3.8, 4) is 0 Å². The summed E-state index contributed by atoms with van der Waals surface area (Å²) in [4.78, 5) is 20.3. The van der Waals surface area contributed by atoms with Crippen molar-refractivity contribution in [2.75, 3.05) is 11.1 Å². The predicted octanol–water partition coefficient (Wildman–Crippen LogP) is 2.53. The monoisotopic (exact) mass is 270 g/mol. The quantitative estimate of drug-likeness (QED) is 0.749. The van der Waals surface area contributed by atoms with E-state index in [9.17, 15) is 4.79 Å². The lowest BCUT2D eigenvalue weighted by Crippen LogP contribution is -2.12. The summed E-state index contributed by atoms with van der Waals surface area (Å²) < 4.78 is 0.984. The van der Waals surface area contributed by atoms with Gasteiger partial charge in [0, 0.05) is 0 Å². The van der Waals surface area contributed by atoms with Gasteiger partial charge in [0.15, 0.2) is 5.01 Å². The third-order valence-corrected chi connectivity index (χ3v) is 3.55. The fourth-order valence-electron chi connectivity index (χ4n) is 1.62. The lowest BCUT2D eigenvalue weighted by atomic mass is 10.3. The topological polar surface area (TPSA) is 80.9 Å². The molecule has 0 radical (unpaired) electrons. The van der Waals surface area contributed by atoms with Crippen molar-refractivity contribution in [2.45, 2.75) is 0 Å². The molecule has 0 aliphatic heterocycles. The molecule has 0 aliphatic rings. The zero-order valence-electron chi connectivity index (χ0n) is 9.83. The van der Waals surface area contributed by atoms with Crippen LogP contribution in [0.15, 0.2) is 42.6 Å². The molecule has 3 aromatic rings. The smallest absolute Gasteiger partial charge is 0.285 e. The Hall–Kier alpha value is -2.47. The van der Waals surface area contributed by atoms with E-state index in [1.54, 1.807) is 12.1 Å². The van der Waals surface area contributed by atoms with Crippen molar-refractivity contribution in [3.63, 3.8) is 0 Å². The molecule has 2 aromatic heterocycles. The molecule has 0 saturated carbocycles. The van der Waals surface area contributed by atoms with Crippen LogP contribution < -0.4 is 11.1 Å². The van der Waals surface area contributed by atoms with E-state index in [0.29, 0.717) is 16.5 Å². The van der Waals surface area contributed by atoms with Gasteiger partial charge < -0.3 is 11.1 Å². The van der Waals surface area contributed by atoms with E-state index in [0.717, 1.165) is 10.2 Å². The van der Waals surface area contributed by atoms with Gasteiger partial charge in [0.1, 0.15) is 5.82 Å². The molecule has 5 nitrogen and oxygen atoms in total. The number of amides is 1. The summed E-state index contributed by atoms with van der Waals surface area (Å²) in [5, 5.41) is 3.11. The second-order valence-electron chi connectivity index (χ2n) is 3.92. The van der Waals surface area contributed by atoms with Gasteiger partial charge in [-0.15, -0.1) is 11.3 Å². The maximum absolute atomic E-state index is 12.0. The van der Waals surface area contributed by atoms with Crippen LogP contribution in [-0.2, 0) is 0 Å². The van der Waals surface area contributed by atoms with Crippen LogP contribution >= 0.6 is 11.3 Å². The van der Waals surface area contributed by atoms with Crippen molar-refractivity contribution >= 4 is 39.0 Å². The van der Waals surface area contributed by atoms with Crippen LogP contribution in [0.4, 0.5) is 11.5 Å². The van der Waals surface area contributed by atoms with Crippen LogP contribution in [0.25, 0.3) is 10.2 Å². The maximum Gasteiger partial charge on any atom is 0.285 e. The molecule has 0 unspecified atom stereocenters. The van der Waals surface area contributed by atoms with Gasteiger partial charge in [-0.3, -0.25) is 4.79 Å². The highest BCUT2D eigenvalue weighted by Crippen LogP contribution is 2.22. The molecule has 1 aromatic carbocycles. The number of nitrogen functional groups attached to an aromatic ring is 1. The van der Waals surface area contributed by atoms with Crippen LogP contribution in [0.2, 0.25) is 0 Å². The number of thiazole rings is 1. The minimum atomic E-state index is -0.265. The Morgan fingerprint density at radius 2 is 2.05 bits per heavy atom. The highest BCUT2D eigenvalue weighted by Gasteiger charge is 2.12. The Kier molecular flexibility index (Phi) is 2.85. The first kappa shape index (κ1) is 11.6. The molecule has 0 aliphatic carbocycles. The molecule has 0 atom stereocenters. The normalized spacial score (nSPS) is 10.5. The summed E-state index contributed by atoms with van der Waals surface area (Å²) in [6.07, 6.45) is 1.49. The largest absolute Gasteiger partial charge is 0.397 e. The molecule has 0 fully saturated rings. The van der Waals surface area contributed by atoms with Crippen LogP contribution in [0.3, 0.4) is 0 Å². The molecule has 6 heteroatoms. The number of carbonyl (C=O) groups is 1. The van der Waals surface area contributed by atoms with Crippen molar-refractivity contribution < 1.29 is 4.79 Å². The first-order valence-electron chi connectivity index (χ1n) is 5.61. The zero-order chi connectivity index (χ0) is 13.2. The number of nitrogens with zero attached hydrogens (tertiary/aromatic N) is 2. The number of pyridine rings is 1. The van der Waals surface area contributed by atoms with Gasteiger partial charge in [0.05, 0.1) is 22.1 Å². The average Bonchev–Trinajstić information content (AvgIpc) is 2.85. The molecule has 0 saturated heterocycles. The number of carbonyl (C=O) groups excluding carboxylic acids is 1. The Labute approximate surface area is 113 Å². The van der Waals surface area contributed by atoms with Gasteiger partial charge >= 0.3 is 0 Å². The fourth-order valence-corrected chi connectivity index (χ4v) is 2.48. The van der Waals surface area contributed by atoms with Crippen molar-refractivity contribution in [1.29, 1.82) is 0 Å². The summed E-state index contributed by atoms with van der Waals surface area (Å²) in [7, 11) is 0. The molecule has 94 valence electrons. The second kappa shape index (κ2) is 4.66. The molecule has 2 heterocycles. The van der Waals surface area contributed by atoms with E-state index in [4.69, 9.17) is 5.73 Å². The summed E-state index contributed by atoms with van der Waals surface area (Å²) in [6, 6.07) is 11.0. The highest BCUT2D eigenvalue weighted by atomic mass is 32.1. The summed E-state index contributed by atoms with van der Waals surface area (Å²) in [5.74, 6) is 0.192.